The molecule has 2 unspecified atom stereocenters. The van der Waals surface area contributed by atoms with E-state index in [4.69, 9.17) is 14.2 Å². The van der Waals surface area contributed by atoms with E-state index >= 15 is 0 Å². The SMILES string of the molecule is O=C(COC(=O)CC1CCS(=O)(=O)C1)NCC1COc2ccccc2O1. The van der Waals surface area contributed by atoms with Crippen LogP contribution in [0.25, 0.3) is 0 Å². The first kappa shape index (κ1) is 18.5. The summed E-state index contributed by atoms with van der Waals surface area (Å²) in [5.74, 6) is 0.179. The van der Waals surface area contributed by atoms with Gasteiger partial charge >= 0.3 is 5.97 Å². The minimum Gasteiger partial charge on any atom is -0.486 e. The largest absolute Gasteiger partial charge is 0.486 e. The fourth-order valence-corrected chi connectivity index (χ4v) is 4.78. The molecule has 1 N–H and O–H groups in total. The smallest absolute Gasteiger partial charge is 0.306 e. The van der Waals surface area contributed by atoms with Crippen molar-refractivity contribution in [1.29, 1.82) is 0 Å². The second kappa shape index (κ2) is 7.94. The lowest BCUT2D eigenvalue weighted by molar-refractivity contribution is -0.149. The summed E-state index contributed by atoms with van der Waals surface area (Å²) in [6.45, 7) is 0.140. The summed E-state index contributed by atoms with van der Waals surface area (Å²) in [6, 6.07) is 7.27. The lowest BCUT2D eigenvalue weighted by atomic mass is 10.1. The topological polar surface area (TPSA) is 108 Å². The highest BCUT2D eigenvalue weighted by Gasteiger charge is 2.30. The number of nitrogens with one attached hydrogen (secondary N) is 1. The van der Waals surface area contributed by atoms with E-state index in [-0.39, 0.29) is 36.5 Å². The van der Waals surface area contributed by atoms with E-state index in [9.17, 15) is 18.0 Å². The van der Waals surface area contributed by atoms with E-state index in [0.717, 1.165) is 0 Å². The first-order chi connectivity index (χ1) is 12.4. The zero-order valence-electron chi connectivity index (χ0n) is 14.2. The Morgan fingerprint density at radius 2 is 2.00 bits per heavy atom. The number of carbonyl (C=O) groups is 2. The van der Waals surface area contributed by atoms with E-state index < -0.39 is 28.3 Å². The zero-order chi connectivity index (χ0) is 18.6. The van der Waals surface area contributed by atoms with Gasteiger partial charge in [-0.1, -0.05) is 12.1 Å². The van der Waals surface area contributed by atoms with Crippen molar-refractivity contribution in [1.82, 2.24) is 5.32 Å². The van der Waals surface area contributed by atoms with Gasteiger partial charge < -0.3 is 19.5 Å². The van der Waals surface area contributed by atoms with E-state index in [1.807, 2.05) is 12.1 Å². The molecule has 0 aromatic heterocycles. The molecule has 8 nitrogen and oxygen atoms in total. The number of carbonyl (C=O) groups excluding carboxylic acids is 2. The molecule has 0 spiro atoms. The number of fused-ring (bicyclic) bond motifs is 1. The monoisotopic (exact) mass is 383 g/mol. The van der Waals surface area contributed by atoms with Gasteiger partial charge in [-0.05, 0) is 24.5 Å². The van der Waals surface area contributed by atoms with Crippen LogP contribution in [0.15, 0.2) is 24.3 Å². The Morgan fingerprint density at radius 1 is 1.23 bits per heavy atom. The van der Waals surface area contributed by atoms with Crippen LogP contribution in [-0.2, 0) is 24.2 Å². The van der Waals surface area contributed by atoms with E-state index in [0.29, 0.717) is 24.5 Å². The Bertz CT molecular complexity index is 777. The van der Waals surface area contributed by atoms with Crippen LogP contribution in [-0.4, -0.2) is 57.7 Å². The van der Waals surface area contributed by atoms with Crippen molar-refractivity contribution < 1.29 is 32.2 Å². The summed E-state index contributed by atoms with van der Waals surface area (Å²) in [5, 5.41) is 2.63. The maximum atomic E-state index is 11.8. The minimum absolute atomic E-state index is 0.00872. The molecule has 0 bridgehead atoms. The van der Waals surface area contributed by atoms with Gasteiger partial charge in [-0.25, -0.2) is 8.42 Å². The Labute approximate surface area is 151 Å². The molecule has 26 heavy (non-hydrogen) atoms. The molecule has 0 saturated carbocycles. The van der Waals surface area contributed by atoms with Crippen molar-refractivity contribution in [2.75, 3.05) is 31.3 Å². The van der Waals surface area contributed by atoms with Crippen molar-refractivity contribution in [3.63, 3.8) is 0 Å². The third-order valence-electron chi connectivity index (χ3n) is 4.24. The number of benzene rings is 1. The number of hydrogen-bond acceptors (Lipinski definition) is 7. The molecular weight excluding hydrogens is 362 g/mol. The van der Waals surface area contributed by atoms with Gasteiger partial charge in [0.05, 0.1) is 18.1 Å². The van der Waals surface area contributed by atoms with E-state index in [1.54, 1.807) is 12.1 Å². The van der Waals surface area contributed by atoms with Crippen molar-refractivity contribution >= 4 is 21.7 Å². The van der Waals surface area contributed by atoms with Gasteiger partial charge in [0.25, 0.3) is 5.91 Å². The summed E-state index contributed by atoms with van der Waals surface area (Å²) in [6.07, 6.45) is 0.153. The lowest BCUT2D eigenvalue weighted by Crippen LogP contribution is -2.42. The van der Waals surface area contributed by atoms with Crippen LogP contribution in [0, 0.1) is 5.92 Å². The van der Waals surface area contributed by atoms with Gasteiger partial charge in [0.1, 0.15) is 12.7 Å². The van der Waals surface area contributed by atoms with Crippen molar-refractivity contribution in [3.8, 4) is 11.5 Å². The summed E-state index contributed by atoms with van der Waals surface area (Å²) >= 11 is 0. The quantitative estimate of drug-likeness (QED) is 0.704. The summed E-state index contributed by atoms with van der Waals surface area (Å²) < 4.78 is 38.9. The maximum absolute atomic E-state index is 11.8. The molecule has 3 rings (SSSR count). The number of sulfone groups is 1. The molecular formula is C17H21NO7S. The van der Waals surface area contributed by atoms with Gasteiger partial charge in [0.2, 0.25) is 0 Å². The molecule has 1 saturated heterocycles. The number of amides is 1. The van der Waals surface area contributed by atoms with Crippen LogP contribution in [0.3, 0.4) is 0 Å². The number of hydrogen-bond donors (Lipinski definition) is 1. The zero-order valence-corrected chi connectivity index (χ0v) is 15.0. The third-order valence-corrected chi connectivity index (χ3v) is 6.08. The van der Waals surface area contributed by atoms with Gasteiger partial charge in [0, 0.05) is 6.42 Å². The van der Waals surface area contributed by atoms with Crippen molar-refractivity contribution in [2.24, 2.45) is 5.92 Å². The molecule has 1 fully saturated rings. The highest BCUT2D eigenvalue weighted by Crippen LogP contribution is 2.30. The van der Waals surface area contributed by atoms with Crippen molar-refractivity contribution in [2.45, 2.75) is 18.9 Å². The Balaban J connectivity index is 1.34. The number of para-hydroxylation sites is 2. The molecule has 2 atom stereocenters. The van der Waals surface area contributed by atoms with Gasteiger partial charge in [-0.3, -0.25) is 9.59 Å². The predicted octanol–water partition coefficient (Wildman–Crippen LogP) is 0.311. The van der Waals surface area contributed by atoms with Crippen LogP contribution in [0.1, 0.15) is 12.8 Å². The molecule has 9 heteroatoms. The van der Waals surface area contributed by atoms with Gasteiger partial charge in [-0.15, -0.1) is 0 Å². The second-order valence-electron chi connectivity index (χ2n) is 6.44. The summed E-state index contributed by atoms with van der Waals surface area (Å²) in [7, 11) is -3.03. The molecule has 1 aromatic rings. The minimum atomic E-state index is -3.03. The first-order valence-electron chi connectivity index (χ1n) is 8.42. The maximum Gasteiger partial charge on any atom is 0.306 e. The molecule has 2 heterocycles. The number of ether oxygens (including phenoxy) is 3. The summed E-state index contributed by atoms with van der Waals surface area (Å²) in [4.78, 5) is 23.5. The van der Waals surface area contributed by atoms with Gasteiger partial charge in [0.15, 0.2) is 27.9 Å². The Hall–Kier alpha value is -2.29. The Kier molecular flexibility index (Phi) is 5.65. The Morgan fingerprint density at radius 3 is 2.73 bits per heavy atom. The first-order valence-corrected chi connectivity index (χ1v) is 10.2. The molecule has 0 radical (unpaired) electrons. The van der Waals surface area contributed by atoms with E-state index in [1.165, 1.54) is 0 Å². The molecule has 2 aliphatic heterocycles. The third kappa shape index (κ3) is 5.10. The van der Waals surface area contributed by atoms with Gasteiger partial charge in [-0.2, -0.15) is 0 Å². The fourth-order valence-electron chi connectivity index (χ4n) is 2.92. The number of rotatable bonds is 6. The standard InChI is InChI=1S/C17H21NO7S/c19-16(10-24-17(20)7-12-5-6-26(21,22)11-12)18-8-13-9-23-14-3-1-2-4-15(14)25-13/h1-4,12-13H,5-11H2,(H,18,19). The molecule has 0 aliphatic carbocycles. The van der Waals surface area contributed by atoms with E-state index in [2.05, 4.69) is 5.32 Å². The normalized spacial score (nSPS) is 23.2. The number of esters is 1. The van der Waals surface area contributed by atoms with Crippen LogP contribution in [0.4, 0.5) is 0 Å². The molecule has 1 amide bonds. The second-order valence-corrected chi connectivity index (χ2v) is 8.66. The van der Waals surface area contributed by atoms with Crippen LogP contribution in [0.2, 0.25) is 0 Å². The lowest BCUT2D eigenvalue weighted by Gasteiger charge is -2.26. The summed E-state index contributed by atoms with van der Waals surface area (Å²) in [5.41, 5.74) is 0. The average molecular weight is 383 g/mol. The molecule has 2 aliphatic rings. The van der Waals surface area contributed by atoms with Crippen LogP contribution >= 0.6 is 0 Å². The van der Waals surface area contributed by atoms with Crippen LogP contribution in [0.5, 0.6) is 11.5 Å². The van der Waals surface area contributed by atoms with Crippen LogP contribution < -0.4 is 14.8 Å². The van der Waals surface area contributed by atoms with Crippen molar-refractivity contribution in [3.05, 3.63) is 24.3 Å². The molecule has 1 aromatic carbocycles. The average Bonchev–Trinajstić information content (AvgIpc) is 2.96. The predicted molar refractivity (Wildman–Crippen MR) is 91.7 cm³/mol. The fraction of sp³-hybridized carbons (Fsp3) is 0.529. The highest BCUT2D eigenvalue weighted by atomic mass is 32.2. The molecule has 142 valence electrons. The highest BCUT2D eigenvalue weighted by molar-refractivity contribution is 7.91.